The fraction of sp³-hybridized carbons (Fsp3) is 0.361. The summed E-state index contributed by atoms with van der Waals surface area (Å²) in [4.78, 5) is 97.9. The highest BCUT2D eigenvalue weighted by Crippen LogP contribution is 2.38. The molecule has 0 aliphatic heterocycles. The molecule has 12 aromatic rings. The molecule has 33 heteroatoms. The average molecular weight is 2030 g/mol. The molecular formula is C108H114F12N12O6S3. The lowest BCUT2D eigenvalue weighted by Crippen LogP contribution is -2.40. The third-order valence-corrected chi connectivity index (χ3v) is 25.7. The molecule has 0 radical (unpaired) electrons. The van der Waals surface area contributed by atoms with Crippen molar-refractivity contribution in [3.8, 4) is 33.4 Å². The molecule has 15 rings (SSSR count). The minimum atomic E-state index is -4.56. The highest BCUT2D eigenvalue weighted by Gasteiger charge is 2.35. The molecule has 0 spiro atoms. The number of alkyl halides is 9. The van der Waals surface area contributed by atoms with Crippen molar-refractivity contribution in [2.75, 3.05) is 78.1 Å². The van der Waals surface area contributed by atoms with Gasteiger partial charge in [0.2, 0.25) is 17.7 Å². The van der Waals surface area contributed by atoms with Gasteiger partial charge in [0.1, 0.15) is 36.9 Å². The van der Waals surface area contributed by atoms with Gasteiger partial charge in [-0.2, -0.15) is 54.5 Å². The van der Waals surface area contributed by atoms with Crippen LogP contribution in [0.4, 0.5) is 52.7 Å². The molecule has 0 bridgehead atoms. The van der Waals surface area contributed by atoms with E-state index in [1.54, 1.807) is 26.0 Å². The number of hydrogen-bond donors (Lipinski definition) is 0. The summed E-state index contributed by atoms with van der Waals surface area (Å²) in [6.07, 6.45) is -11.1. The molecule has 3 aliphatic carbocycles. The number of likely N-dealkylation sites (N-methyl/N-ethyl adjacent to an activating group) is 3. The van der Waals surface area contributed by atoms with Gasteiger partial charge in [0.25, 0.3) is 16.7 Å². The zero-order valence-corrected chi connectivity index (χ0v) is 79.3. The summed E-state index contributed by atoms with van der Waals surface area (Å²) in [6.45, 7) is -37.6. The molecule has 18 nitrogen and oxygen atoms in total. The lowest BCUT2D eigenvalue weighted by molar-refractivity contribution is -0.138. The Morgan fingerprint density at radius 1 is 0.312 bits per heavy atom. The monoisotopic (exact) mass is 2020 g/mol. The number of nitrogens with zero attached hydrogens (tertiary/aromatic N) is 12. The van der Waals surface area contributed by atoms with Gasteiger partial charge in [-0.1, -0.05) is 222 Å². The summed E-state index contributed by atoms with van der Waals surface area (Å²) in [5.41, 5.74) is 1.30. The number of benzene rings is 9. The van der Waals surface area contributed by atoms with Gasteiger partial charge in [-0.15, -0.1) is 0 Å². The first-order chi connectivity index (χ1) is 77.2. The van der Waals surface area contributed by atoms with Crippen LogP contribution in [0.2, 0.25) is 0 Å². The number of amides is 3. The maximum Gasteiger partial charge on any atom is 0.416 e. The van der Waals surface area contributed by atoms with E-state index in [-0.39, 0.29) is 142 Å². The Morgan fingerprint density at radius 2 is 0.532 bits per heavy atom. The minimum absolute atomic E-state index is 0.0286. The number of halogens is 12. The van der Waals surface area contributed by atoms with Gasteiger partial charge in [-0.3, -0.25) is 28.8 Å². The minimum Gasteiger partial charge on any atom is -0.336 e. The third kappa shape index (κ3) is 29.2. The van der Waals surface area contributed by atoms with Crippen molar-refractivity contribution in [3.05, 3.63) is 351 Å². The van der Waals surface area contributed by atoms with Gasteiger partial charge >= 0.3 is 18.5 Å². The van der Waals surface area contributed by atoms with E-state index < -0.39 is 191 Å². The van der Waals surface area contributed by atoms with Crippen molar-refractivity contribution in [2.45, 2.75) is 190 Å². The maximum atomic E-state index is 14.8. The molecule has 0 N–H and O–H groups in total. The SMILES string of the molecule is [2H]C([2H])(C(=O)N(Cc1ccc(-c2ccc(C(F)(F)F)cc2)cc1)C([2H])([2H])C([2H])([2H])N(CC)CC)n1c(SCc2ccc(F)cc2)nc(=O)c2c1CCC2.[2H]C([2H])(C)N(C([2H])([2H])C)C([2H])([2H])C([2H])([2H])N(Cc1ccc(-c2ccc(C(F)(F)F)cc2)cc1)C(=O)C([2H])([2H])n1c(SCc2ccc(F)cc2)nc(=O)c2c1CCC2.[2H]C([2H])(C)N(C([2H])([2H])C)C([2H])([2H])C([2H])([2H])N(Cc1ccc(-c2ccc(C(F)(F)F)cc2)cc1)C(=O)C([2H])([2H])n1c(SCc2ccc(F)cc2)nc(=O)c2c1CCC2. The van der Waals surface area contributed by atoms with Crippen LogP contribution in [-0.2, 0) is 128 Å². The van der Waals surface area contributed by atoms with Crippen LogP contribution in [-0.4, -0.2) is 154 Å². The number of carbonyl (C=O) groups is 3. The van der Waals surface area contributed by atoms with E-state index in [1.807, 2.05) is 0 Å². The smallest absolute Gasteiger partial charge is 0.336 e. The standard InChI is InChI=1S/3C36H38F4N4O2S/c3*1-3-42(4-2)20-21-43(22-25-8-12-27(13-9-25)28-14-16-29(17-15-28)36(38,39)40)33(45)23-44-32-7-5-6-31(32)34(46)41-35(44)47-24-26-10-18-30(37)19-11-26/h3*8-19H,3-7,20-24H2,1-2H3/i2*3D2,4D2,20D2,21D2,23D2;20D2,21D2,23D2. The maximum absolute atomic E-state index is 14.8. The second kappa shape index (κ2) is 49.7. The van der Waals surface area contributed by atoms with Crippen molar-refractivity contribution < 1.29 is 103 Å². The van der Waals surface area contributed by atoms with Crippen LogP contribution in [0.5, 0.6) is 0 Å². The Balaban J connectivity index is 0.000000206. The van der Waals surface area contributed by atoms with Crippen molar-refractivity contribution in [1.29, 1.82) is 0 Å². The number of hydrogen-bond acceptors (Lipinski definition) is 15. The zero-order chi connectivity index (χ0) is 124. The third-order valence-electron chi connectivity index (χ3n) is 22.6. The Kier molecular flexibility index (Phi) is 26.7. The molecule has 744 valence electrons. The molecule has 0 unspecified atom stereocenters. The number of rotatable bonds is 39. The van der Waals surface area contributed by atoms with Crippen LogP contribution < -0.4 is 16.7 Å². The van der Waals surface area contributed by atoms with E-state index in [0.29, 0.717) is 86.2 Å². The van der Waals surface area contributed by atoms with Crippen molar-refractivity contribution >= 4 is 53.0 Å². The molecule has 3 heterocycles. The van der Waals surface area contributed by atoms with E-state index in [1.165, 1.54) is 175 Å². The molecule has 0 saturated heterocycles. The summed E-state index contributed by atoms with van der Waals surface area (Å²) in [5.74, 6) is -6.04. The molecule has 141 heavy (non-hydrogen) atoms. The fourth-order valence-electron chi connectivity index (χ4n) is 15.0. The number of aromatic nitrogens is 6. The number of fused-ring (bicyclic) bond motifs is 3. The molecule has 9 aromatic carbocycles. The van der Waals surface area contributed by atoms with E-state index >= 15 is 0 Å². The second-order valence-corrected chi connectivity index (χ2v) is 34.7. The van der Waals surface area contributed by atoms with Gasteiger partial charge in [0, 0.05) is 129 Å². The van der Waals surface area contributed by atoms with Crippen LogP contribution in [0.15, 0.2) is 248 Å². The van der Waals surface area contributed by atoms with Crippen molar-refractivity contribution in [2.24, 2.45) is 0 Å². The average Bonchev–Trinajstić information content (AvgIpc) is 1.53. The van der Waals surface area contributed by atoms with Crippen LogP contribution in [0.1, 0.15) is 180 Å². The van der Waals surface area contributed by atoms with Gasteiger partial charge in [-0.05, 0) is 236 Å². The Hall–Kier alpha value is -11.9. The van der Waals surface area contributed by atoms with E-state index in [2.05, 4.69) is 15.0 Å². The summed E-state index contributed by atoms with van der Waals surface area (Å²) < 4.78 is 392. The predicted molar refractivity (Wildman–Crippen MR) is 530 cm³/mol. The number of carbonyl (C=O) groups excluding carboxylic acids is 3. The first kappa shape index (κ1) is 75.9. The lowest BCUT2D eigenvalue weighted by Gasteiger charge is -2.28. The molecule has 3 aliphatic rings. The van der Waals surface area contributed by atoms with Crippen LogP contribution in [0, 0.1) is 17.5 Å². The van der Waals surface area contributed by atoms with Gasteiger partial charge in [0.05, 0.1) is 33.1 Å². The molecule has 0 saturated carbocycles. The molecule has 0 atom stereocenters. The van der Waals surface area contributed by atoms with Gasteiger partial charge in [0.15, 0.2) is 15.5 Å². The zero-order valence-electron chi connectivity index (χ0n) is 103. The summed E-state index contributed by atoms with van der Waals surface area (Å²) in [7, 11) is 0. The van der Waals surface area contributed by atoms with Gasteiger partial charge < -0.3 is 43.1 Å². The highest BCUT2D eigenvalue weighted by molar-refractivity contribution is 7.98. The topological polar surface area (TPSA) is 175 Å². The van der Waals surface area contributed by atoms with Crippen LogP contribution in [0.3, 0.4) is 0 Å². The molecular weight excluding hydrogens is 1890 g/mol. The normalized spacial score (nSPS) is 16.9. The van der Waals surface area contributed by atoms with E-state index in [4.69, 9.17) is 27.4 Å². The summed E-state index contributed by atoms with van der Waals surface area (Å²) in [5, 5.41) is -0.695. The van der Waals surface area contributed by atoms with E-state index in [9.17, 15) is 89.7 Å². The molecule has 0 fully saturated rings. The Bertz CT molecular complexity index is 7410. The summed E-state index contributed by atoms with van der Waals surface area (Å²) in [6, 6.07) is 46.6. The Morgan fingerprint density at radius 3 is 0.752 bits per heavy atom. The highest BCUT2D eigenvalue weighted by atomic mass is 32.2. The first-order valence-corrected chi connectivity index (χ1v) is 47.3. The molecule has 3 amide bonds. The van der Waals surface area contributed by atoms with E-state index in [0.717, 1.165) is 113 Å². The predicted octanol–water partition coefficient (Wildman–Crippen LogP) is 21.7. The largest absolute Gasteiger partial charge is 0.416 e. The van der Waals surface area contributed by atoms with Gasteiger partial charge in [-0.25, -0.2) is 13.2 Å². The van der Waals surface area contributed by atoms with Crippen molar-refractivity contribution in [3.63, 3.8) is 0 Å². The van der Waals surface area contributed by atoms with Crippen molar-refractivity contribution in [1.82, 2.24) is 58.1 Å². The number of thioether (sulfide) groups is 3. The lowest BCUT2D eigenvalue weighted by atomic mass is 10.0. The quantitative estimate of drug-likeness (QED) is 0.0202. The first-order valence-electron chi connectivity index (χ1n) is 57.4. The second-order valence-electron chi connectivity index (χ2n) is 31.9. The fourth-order valence-corrected chi connectivity index (χ4v) is 17.8. The Labute approximate surface area is 862 Å². The van der Waals surface area contributed by atoms with Crippen LogP contribution >= 0.6 is 35.3 Å². The summed E-state index contributed by atoms with van der Waals surface area (Å²) >= 11 is 2.66. The molecule has 3 aromatic heterocycles. The van der Waals surface area contributed by atoms with Crippen LogP contribution in [0.25, 0.3) is 33.4 Å².